The number of nitrogens with one attached hydrogen (secondary N) is 2. The average molecular weight is 207 g/mol. The maximum atomic E-state index is 6.82. The highest BCUT2D eigenvalue weighted by Gasteiger charge is 1.90. The Labute approximate surface area is 92.6 Å². The van der Waals surface area contributed by atoms with Gasteiger partial charge in [0.15, 0.2) is 0 Å². The second-order valence-electron chi connectivity index (χ2n) is 2.94. The summed E-state index contributed by atoms with van der Waals surface area (Å²) >= 11 is 0. The van der Waals surface area contributed by atoms with Crippen molar-refractivity contribution in [2.75, 3.05) is 13.1 Å². The molecule has 3 nitrogen and oxygen atoms in total. The quantitative estimate of drug-likeness (QED) is 0.278. The number of hydrogen-bond acceptors (Lipinski definition) is 3. The second kappa shape index (κ2) is 10.7. The molecule has 0 aliphatic heterocycles. The molecule has 15 heavy (non-hydrogen) atoms. The normalized spacial score (nSPS) is 11.9. The molecule has 3 heteroatoms. The Morgan fingerprint density at radius 3 is 2.53 bits per heavy atom. The number of nitrogens with zero attached hydrogens (tertiary/aromatic N) is 1. The van der Waals surface area contributed by atoms with Crippen LogP contribution in [0.25, 0.3) is 0 Å². The number of hydrazine groups is 1. The van der Waals surface area contributed by atoms with Crippen LogP contribution in [0.1, 0.15) is 20.3 Å². The first-order chi connectivity index (χ1) is 7.35. The van der Waals surface area contributed by atoms with Gasteiger partial charge in [-0.3, -0.25) is 0 Å². The van der Waals surface area contributed by atoms with Gasteiger partial charge in [-0.1, -0.05) is 32.1 Å². The fraction of sp³-hybridized carbons (Fsp3) is 0.417. The zero-order valence-electron chi connectivity index (χ0n) is 9.61. The summed E-state index contributed by atoms with van der Waals surface area (Å²) < 4.78 is 0. The maximum Gasteiger partial charge on any atom is 0.0518 e. The largest absolute Gasteiger partial charge is 0.312 e. The Balaban J connectivity index is 4.01. The molecule has 0 aromatic carbocycles. The van der Waals surface area contributed by atoms with Gasteiger partial charge in [-0.15, -0.1) is 0 Å². The first-order valence-corrected chi connectivity index (χ1v) is 5.34. The van der Waals surface area contributed by atoms with Crippen molar-refractivity contribution in [2.24, 2.45) is 0 Å². The molecule has 0 radical (unpaired) electrons. The van der Waals surface area contributed by atoms with Gasteiger partial charge in [0.05, 0.1) is 6.54 Å². The molecule has 0 spiro atoms. The molecule has 0 unspecified atom stereocenters. The van der Waals surface area contributed by atoms with Crippen molar-refractivity contribution in [1.29, 1.82) is 5.41 Å². The van der Waals surface area contributed by atoms with Crippen LogP contribution in [-0.2, 0) is 0 Å². The Hall–Kier alpha value is -1.35. The van der Waals surface area contributed by atoms with E-state index in [1.54, 1.807) is 6.08 Å². The van der Waals surface area contributed by atoms with E-state index in [2.05, 4.69) is 31.4 Å². The molecule has 0 bridgehead atoms. The molecule has 0 aliphatic carbocycles. The van der Waals surface area contributed by atoms with Gasteiger partial charge >= 0.3 is 0 Å². The van der Waals surface area contributed by atoms with Crippen LogP contribution in [0, 0.1) is 5.41 Å². The third-order valence-corrected chi connectivity index (χ3v) is 1.65. The molecule has 0 amide bonds. The number of allylic oxidation sites excluding steroid dienone is 4. The van der Waals surface area contributed by atoms with Gasteiger partial charge in [0.25, 0.3) is 0 Å². The standard InChI is InChI=1S/C12H21N3/c1-3-5-8-11-15(14-4-2)12-9-6-7-10-13/h5-10,12-14H,3-4,11H2,1-2H3/b7-6-,8-5+,12-9+,13-10?. The summed E-state index contributed by atoms with van der Waals surface area (Å²) in [6.45, 7) is 5.95. The highest BCUT2D eigenvalue weighted by molar-refractivity contribution is 5.68. The van der Waals surface area contributed by atoms with Gasteiger partial charge in [0, 0.05) is 19.0 Å². The lowest BCUT2D eigenvalue weighted by Crippen LogP contribution is -2.33. The SMILES string of the molecule is CC/C=C/CN(/C=C/C=C\C=N)NCC. The van der Waals surface area contributed by atoms with Crippen LogP contribution in [0.3, 0.4) is 0 Å². The lowest BCUT2D eigenvalue weighted by atomic mass is 10.4. The lowest BCUT2D eigenvalue weighted by Gasteiger charge is -2.18. The molecule has 0 aliphatic rings. The minimum Gasteiger partial charge on any atom is -0.312 e. The van der Waals surface area contributed by atoms with Crippen molar-refractivity contribution in [3.8, 4) is 0 Å². The Kier molecular flexibility index (Phi) is 9.76. The van der Waals surface area contributed by atoms with Crippen molar-refractivity contribution in [1.82, 2.24) is 10.4 Å². The van der Waals surface area contributed by atoms with Gasteiger partial charge in [0.2, 0.25) is 0 Å². The highest BCUT2D eigenvalue weighted by Crippen LogP contribution is 1.88. The molecule has 0 rings (SSSR count). The summed E-state index contributed by atoms with van der Waals surface area (Å²) in [6.07, 6.45) is 14.0. The summed E-state index contributed by atoms with van der Waals surface area (Å²) in [5, 5.41) is 8.83. The molecule has 0 atom stereocenters. The minimum absolute atomic E-state index is 0.858. The van der Waals surface area contributed by atoms with Crippen LogP contribution in [-0.4, -0.2) is 24.3 Å². The van der Waals surface area contributed by atoms with E-state index >= 15 is 0 Å². The van der Waals surface area contributed by atoms with Crippen LogP contribution >= 0.6 is 0 Å². The van der Waals surface area contributed by atoms with E-state index in [0.717, 1.165) is 19.5 Å². The van der Waals surface area contributed by atoms with Crippen LogP contribution in [0.4, 0.5) is 0 Å². The number of rotatable bonds is 8. The van der Waals surface area contributed by atoms with E-state index < -0.39 is 0 Å². The zero-order valence-corrected chi connectivity index (χ0v) is 9.61. The monoisotopic (exact) mass is 207 g/mol. The molecule has 84 valence electrons. The smallest absolute Gasteiger partial charge is 0.0518 e. The summed E-state index contributed by atoms with van der Waals surface area (Å²) in [4.78, 5) is 0. The lowest BCUT2D eigenvalue weighted by molar-refractivity contribution is 0.306. The topological polar surface area (TPSA) is 39.1 Å². The predicted octanol–water partition coefficient (Wildman–Crippen LogP) is 2.50. The first kappa shape index (κ1) is 13.7. The Bertz CT molecular complexity index is 229. The van der Waals surface area contributed by atoms with Crippen LogP contribution in [0.15, 0.2) is 36.6 Å². The van der Waals surface area contributed by atoms with Crippen LogP contribution in [0.2, 0.25) is 0 Å². The van der Waals surface area contributed by atoms with E-state index in [1.807, 2.05) is 23.4 Å². The minimum atomic E-state index is 0.858. The second-order valence-corrected chi connectivity index (χ2v) is 2.94. The molecule has 0 saturated heterocycles. The van der Waals surface area contributed by atoms with Gasteiger partial charge in [0.1, 0.15) is 0 Å². The van der Waals surface area contributed by atoms with Crippen molar-refractivity contribution in [3.63, 3.8) is 0 Å². The molecular formula is C12H21N3. The summed E-state index contributed by atoms with van der Waals surface area (Å²) in [5.41, 5.74) is 3.22. The molecule has 0 aromatic heterocycles. The highest BCUT2D eigenvalue weighted by atomic mass is 15.5. The van der Waals surface area contributed by atoms with Gasteiger partial charge in [-0.25, -0.2) is 5.43 Å². The van der Waals surface area contributed by atoms with Crippen LogP contribution < -0.4 is 5.43 Å². The van der Waals surface area contributed by atoms with Crippen molar-refractivity contribution in [2.45, 2.75) is 20.3 Å². The fourth-order valence-corrected chi connectivity index (χ4v) is 1.01. The summed E-state index contributed by atoms with van der Waals surface area (Å²) in [7, 11) is 0. The van der Waals surface area contributed by atoms with Gasteiger partial charge < -0.3 is 10.4 Å². The predicted molar refractivity (Wildman–Crippen MR) is 66.9 cm³/mol. The van der Waals surface area contributed by atoms with E-state index in [1.165, 1.54) is 6.21 Å². The zero-order chi connectivity index (χ0) is 11.4. The van der Waals surface area contributed by atoms with E-state index in [-0.39, 0.29) is 0 Å². The van der Waals surface area contributed by atoms with E-state index in [0.29, 0.717) is 0 Å². The van der Waals surface area contributed by atoms with Crippen molar-refractivity contribution in [3.05, 3.63) is 36.6 Å². The third-order valence-electron chi connectivity index (χ3n) is 1.65. The first-order valence-electron chi connectivity index (χ1n) is 5.34. The third kappa shape index (κ3) is 8.97. The van der Waals surface area contributed by atoms with Crippen LogP contribution in [0.5, 0.6) is 0 Å². The van der Waals surface area contributed by atoms with E-state index in [9.17, 15) is 0 Å². The Morgan fingerprint density at radius 1 is 1.13 bits per heavy atom. The maximum absolute atomic E-state index is 6.82. The molecule has 0 aromatic rings. The molecule has 0 fully saturated rings. The number of hydrogen-bond donors (Lipinski definition) is 2. The summed E-state index contributed by atoms with van der Waals surface area (Å²) in [6, 6.07) is 0. The van der Waals surface area contributed by atoms with Crippen molar-refractivity contribution >= 4 is 6.21 Å². The molecule has 0 heterocycles. The molecular weight excluding hydrogens is 186 g/mol. The Morgan fingerprint density at radius 2 is 1.93 bits per heavy atom. The average Bonchev–Trinajstić information content (AvgIpc) is 2.24. The summed E-state index contributed by atoms with van der Waals surface area (Å²) in [5.74, 6) is 0. The fourth-order valence-electron chi connectivity index (χ4n) is 1.01. The van der Waals surface area contributed by atoms with Gasteiger partial charge in [-0.05, 0) is 18.6 Å². The van der Waals surface area contributed by atoms with E-state index in [4.69, 9.17) is 5.41 Å². The molecule has 0 saturated carbocycles. The van der Waals surface area contributed by atoms with Gasteiger partial charge in [-0.2, -0.15) is 0 Å². The van der Waals surface area contributed by atoms with Crippen molar-refractivity contribution < 1.29 is 0 Å². The molecule has 2 N–H and O–H groups in total.